The van der Waals surface area contributed by atoms with Crippen LogP contribution in [0.2, 0.25) is 0 Å². The Morgan fingerprint density at radius 3 is 2.36 bits per heavy atom. The summed E-state index contributed by atoms with van der Waals surface area (Å²) >= 11 is 3.46. The topological polar surface area (TPSA) is 17.1 Å². The number of hydrogen-bond acceptors (Lipinski definition) is 1. The van der Waals surface area contributed by atoms with Crippen LogP contribution in [0.4, 0.5) is 0 Å². The third-order valence-electron chi connectivity index (χ3n) is 9.81. The summed E-state index contributed by atoms with van der Waals surface area (Å²) in [5.74, 6) is 6.14. The van der Waals surface area contributed by atoms with Gasteiger partial charge < -0.3 is 0 Å². The predicted octanol–water partition coefficient (Wildman–Crippen LogP) is 6.49. The van der Waals surface area contributed by atoms with Crippen LogP contribution in [0.1, 0.15) is 79.1 Å². The lowest BCUT2D eigenvalue weighted by Crippen LogP contribution is -2.56. The average molecular weight is 409 g/mol. The van der Waals surface area contributed by atoms with Gasteiger partial charge in [0.15, 0.2) is 0 Å². The molecule has 9 atom stereocenters. The fraction of sp³-hybridized carbons (Fsp3) is 0.957. The number of ketones is 1. The molecule has 0 aromatic heterocycles. The van der Waals surface area contributed by atoms with Crippen molar-refractivity contribution in [3.05, 3.63) is 0 Å². The van der Waals surface area contributed by atoms with Gasteiger partial charge in [0.1, 0.15) is 5.78 Å². The number of alkyl halides is 1. The zero-order valence-corrected chi connectivity index (χ0v) is 18.3. The number of fused-ring (bicyclic) bond motifs is 5. The summed E-state index contributed by atoms with van der Waals surface area (Å²) in [7, 11) is 0. The predicted molar refractivity (Wildman–Crippen MR) is 108 cm³/mol. The lowest BCUT2D eigenvalue weighted by Gasteiger charge is -2.63. The lowest BCUT2D eigenvalue weighted by atomic mass is 9.42. The summed E-state index contributed by atoms with van der Waals surface area (Å²) in [6, 6.07) is 0. The molecule has 0 radical (unpaired) electrons. The Balaban J connectivity index is 1.64. The Morgan fingerprint density at radius 1 is 0.960 bits per heavy atom. The highest BCUT2D eigenvalue weighted by atomic mass is 79.9. The van der Waals surface area contributed by atoms with Crippen molar-refractivity contribution in [3.8, 4) is 0 Å². The lowest BCUT2D eigenvalue weighted by molar-refractivity contribution is -0.146. The molecule has 4 saturated carbocycles. The standard InChI is InChI=1S/C23H37BrO/c1-14-7-9-22(3)16(11-14)12-15(2)21-18-6-5-17(20(25)13-24)23(18,4)10-8-19(21)22/h14-19,21H,5-13H2,1-4H3. The Hall–Kier alpha value is 0.150. The van der Waals surface area contributed by atoms with Crippen molar-refractivity contribution in [3.63, 3.8) is 0 Å². The SMILES string of the molecule is CC1CCC2(C)C(C1)CC(C)C1C2CCC2(C)C(C(=O)CBr)CCC12. The Morgan fingerprint density at radius 2 is 1.64 bits per heavy atom. The average Bonchev–Trinajstić information content (AvgIpc) is 2.93. The van der Waals surface area contributed by atoms with E-state index >= 15 is 0 Å². The largest absolute Gasteiger partial charge is 0.298 e. The van der Waals surface area contributed by atoms with E-state index in [1.165, 1.54) is 44.9 Å². The van der Waals surface area contributed by atoms with Crippen molar-refractivity contribution in [2.45, 2.75) is 79.1 Å². The molecule has 4 fully saturated rings. The zero-order valence-electron chi connectivity index (χ0n) is 16.7. The maximum absolute atomic E-state index is 12.6. The van der Waals surface area contributed by atoms with Crippen LogP contribution >= 0.6 is 15.9 Å². The van der Waals surface area contributed by atoms with E-state index in [-0.39, 0.29) is 5.41 Å². The number of rotatable bonds is 2. The van der Waals surface area contributed by atoms with Gasteiger partial charge in [0, 0.05) is 5.92 Å². The van der Waals surface area contributed by atoms with Gasteiger partial charge in [-0.3, -0.25) is 4.79 Å². The van der Waals surface area contributed by atoms with Crippen LogP contribution in [0, 0.1) is 52.3 Å². The van der Waals surface area contributed by atoms with Crippen LogP contribution in [-0.4, -0.2) is 11.1 Å². The van der Waals surface area contributed by atoms with Crippen molar-refractivity contribution in [2.24, 2.45) is 52.3 Å². The smallest absolute Gasteiger partial charge is 0.147 e. The molecule has 1 nitrogen and oxygen atoms in total. The maximum Gasteiger partial charge on any atom is 0.147 e. The highest BCUT2D eigenvalue weighted by Crippen LogP contribution is 2.68. The van der Waals surface area contributed by atoms with Crippen LogP contribution in [-0.2, 0) is 4.79 Å². The van der Waals surface area contributed by atoms with Crippen molar-refractivity contribution in [1.82, 2.24) is 0 Å². The van der Waals surface area contributed by atoms with Crippen molar-refractivity contribution >= 4 is 21.7 Å². The van der Waals surface area contributed by atoms with Crippen LogP contribution in [0.5, 0.6) is 0 Å². The number of carbonyl (C=O) groups excluding carboxylic acids is 1. The van der Waals surface area contributed by atoms with Gasteiger partial charge in [0.2, 0.25) is 0 Å². The Labute approximate surface area is 163 Å². The van der Waals surface area contributed by atoms with Crippen molar-refractivity contribution < 1.29 is 4.79 Å². The highest BCUT2D eigenvalue weighted by molar-refractivity contribution is 9.09. The molecule has 0 N–H and O–H groups in total. The van der Waals surface area contributed by atoms with E-state index in [4.69, 9.17) is 0 Å². The fourth-order valence-corrected chi connectivity index (χ4v) is 8.86. The van der Waals surface area contributed by atoms with E-state index < -0.39 is 0 Å². The van der Waals surface area contributed by atoms with Crippen LogP contribution < -0.4 is 0 Å². The minimum Gasteiger partial charge on any atom is -0.298 e. The third kappa shape index (κ3) is 2.63. The molecule has 0 aromatic carbocycles. The molecule has 0 amide bonds. The number of carbonyl (C=O) groups is 1. The second kappa shape index (κ2) is 6.35. The molecule has 25 heavy (non-hydrogen) atoms. The number of hydrogen-bond donors (Lipinski definition) is 0. The minimum absolute atomic E-state index is 0.283. The summed E-state index contributed by atoms with van der Waals surface area (Å²) < 4.78 is 0. The molecule has 0 aliphatic heterocycles. The molecule has 4 rings (SSSR count). The molecule has 4 aliphatic rings. The number of halogens is 1. The van der Waals surface area contributed by atoms with Gasteiger partial charge in [0.05, 0.1) is 5.33 Å². The van der Waals surface area contributed by atoms with Gasteiger partial charge in [-0.1, -0.05) is 50.0 Å². The summed E-state index contributed by atoms with van der Waals surface area (Å²) in [6.45, 7) is 10.2. The second-order valence-electron chi connectivity index (χ2n) is 10.9. The van der Waals surface area contributed by atoms with E-state index in [0.29, 0.717) is 22.4 Å². The van der Waals surface area contributed by atoms with Gasteiger partial charge in [0.25, 0.3) is 0 Å². The summed E-state index contributed by atoms with van der Waals surface area (Å²) in [5, 5.41) is 0.557. The molecule has 142 valence electrons. The molecule has 0 saturated heterocycles. The molecule has 9 unspecified atom stereocenters. The zero-order chi connectivity index (χ0) is 18.0. The monoisotopic (exact) mass is 408 g/mol. The second-order valence-corrected chi connectivity index (χ2v) is 11.4. The highest BCUT2D eigenvalue weighted by Gasteiger charge is 2.62. The van der Waals surface area contributed by atoms with Crippen LogP contribution in [0.15, 0.2) is 0 Å². The van der Waals surface area contributed by atoms with Crippen molar-refractivity contribution in [2.75, 3.05) is 5.33 Å². The van der Waals surface area contributed by atoms with Crippen molar-refractivity contribution in [1.29, 1.82) is 0 Å². The first kappa shape index (κ1) is 18.5. The summed E-state index contributed by atoms with van der Waals surface area (Å²) in [5.41, 5.74) is 0.869. The van der Waals surface area contributed by atoms with E-state index in [1.54, 1.807) is 0 Å². The van der Waals surface area contributed by atoms with E-state index in [1.807, 2.05) is 0 Å². The third-order valence-corrected chi connectivity index (χ3v) is 10.4. The molecule has 0 spiro atoms. The minimum atomic E-state index is 0.283. The summed E-state index contributed by atoms with van der Waals surface area (Å²) in [6.07, 6.45) is 11.0. The Kier molecular flexibility index (Phi) is 4.70. The van der Waals surface area contributed by atoms with Gasteiger partial charge in [-0.2, -0.15) is 0 Å². The van der Waals surface area contributed by atoms with Gasteiger partial charge in [-0.05, 0) is 91.3 Å². The maximum atomic E-state index is 12.6. The van der Waals surface area contributed by atoms with E-state index in [9.17, 15) is 4.79 Å². The van der Waals surface area contributed by atoms with Gasteiger partial charge in [-0.25, -0.2) is 0 Å². The van der Waals surface area contributed by atoms with Crippen LogP contribution in [0.3, 0.4) is 0 Å². The molecular weight excluding hydrogens is 372 g/mol. The molecular formula is C23H37BrO. The molecule has 0 aromatic rings. The first-order chi connectivity index (χ1) is 11.8. The first-order valence-electron chi connectivity index (χ1n) is 10.9. The van der Waals surface area contributed by atoms with Gasteiger partial charge in [-0.15, -0.1) is 0 Å². The Bertz CT molecular complexity index is 544. The molecule has 0 bridgehead atoms. The quantitative estimate of drug-likeness (QED) is 0.476. The van der Waals surface area contributed by atoms with E-state index in [2.05, 4.69) is 43.6 Å². The first-order valence-corrected chi connectivity index (χ1v) is 12.0. The normalized spacial score (nSPS) is 55.2. The molecule has 4 aliphatic carbocycles. The number of Topliss-reactive ketones (excluding diaryl/α,β-unsaturated/α-hetero) is 1. The van der Waals surface area contributed by atoms with E-state index in [0.717, 1.165) is 41.9 Å². The molecule has 2 heteroatoms. The molecule has 0 heterocycles. The summed E-state index contributed by atoms with van der Waals surface area (Å²) in [4.78, 5) is 12.6. The van der Waals surface area contributed by atoms with Gasteiger partial charge >= 0.3 is 0 Å². The van der Waals surface area contributed by atoms with Crippen LogP contribution in [0.25, 0.3) is 0 Å². The fourth-order valence-electron chi connectivity index (χ4n) is 8.47.